The van der Waals surface area contributed by atoms with Gasteiger partial charge in [-0.2, -0.15) is 8.61 Å². The van der Waals surface area contributed by atoms with Crippen molar-refractivity contribution < 1.29 is 31.5 Å². The maximum atomic E-state index is 12.9. The Labute approximate surface area is 193 Å². The molecule has 2 N–H and O–H groups in total. The molecule has 1 amide bonds. The van der Waals surface area contributed by atoms with Crippen molar-refractivity contribution >= 4 is 31.6 Å². The van der Waals surface area contributed by atoms with E-state index in [1.165, 1.54) is 38.9 Å². The van der Waals surface area contributed by atoms with Crippen LogP contribution >= 0.6 is 0 Å². The molecule has 1 heterocycles. The van der Waals surface area contributed by atoms with Gasteiger partial charge < -0.3 is 15.2 Å². The van der Waals surface area contributed by atoms with Gasteiger partial charge in [0.2, 0.25) is 20.0 Å². The van der Waals surface area contributed by atoms with Crippen LogP contribution in [-0.4, -0.2) is 75.9 Å². The lowest BCUT2D eigenvalue weighted by atomic mass is 10.2. The van der Waals surface area contributed by atoms with Crippen molar-refractivity contribution in [2.24, 2.45) is 0 Å². The van der Waals surface area contributed by atoms with Gasteiger partial charge in [-0.3, -0.25) is 4.79 Å². The Morgan fingerprint density at radius 3 is 2.15 bits per heavy atom. The van der Waals surface area contributed by atoms with Gasteiger partial charge in [0.1, 0.15) is 5.75 Å². The normalized spacial score (nSPS) is 15.5. The Kier molecular flexibility index (Phi) is 7.75. The second-order valence-corrected chi connectivity index (χ2v) is 11.1. The largest absolute Gasteiger partial charge is 0.507 e. The molecule has 0 aromatic heterocycles. The van der Waals surface area contributed by atoms with Crippen LogP contribution in [0.25, 0.3) is 0 Å². The number of anilines is 1. The van der Waals surface area contributed by atoms with Crippen LogP contribution in [-0.2, 0) is 24.8 Å². The fourth-order valence-corrected chi connectivity index (χ4v) is 6.31. The molecule has 1 aliphatic rings. The standard InChI is InChI=1S/C21H27N3O7S2/c1-3-23(4-2)32(27,28)17-7-5-16(6-8-17)22-21(26)19-15-18(9-10-20(19)25)33(29,30)24-11-13-31-14-12-24/h5-10,15,25H,3-4,11-14H2,1-2H3,(H,22,26). The van der Waals surface area contributed by atoms with Gasteiger partial charge in [0, 0.05) is 31.9 Å². The number of benzene rings is 2. The summed E-state index contributed by atoms with van der Waals surface area (Å²) >= 11 is 0. The zero-order chi connectivity index (χ0) is 24.2. The zero-order valence-electron chi connectivity index (χ0n) is 18.4. The highest BCUT2D eigenvalue weighted by Gasteiger charge is 2.28. The van der Waals surface area contributed by atoms with Crippen molar-refractivity contribution in [1.82, 2.24) is 8.61 Å². The number of aromatic hydroxyl groups is 1. The van der Waals surface area contributed by atoms with Crippen LogP contribution in [0, 0.1) is 0 Å². The molecule has 12 heteroatoms. The predicted molar refractivity (Wildman–Crippen MR) is 122 cm³/mol. The Morgan fingerprint density at radius 2 is 1.58 bits per heavy atom. The monoisotopic (exact) mass is 497 g/mol. The lowest BCUT2D eigenvalue weighted by Gasteiger charge is -2.26. The Balaban J connectivity index is 1.81. The molecule has 2 aromatic rings. The van der Waals surface area contributed by atoms with Gasteiger partial charge in [-0.05, 0) is 42.5 Å². The van der Waals surface area contributed by atoms with Crippen LogP contribution in [0.2, 0.25) is 0 Å². The number of rotatable bonds is 8. The molecular weight excluding hydrogens is 470 g/mol. The maximum absolute atomic E-state index is 12.9. The topological polar surface area (TPSA) is 133 Å². The summed E-state index contributed by atoms with van der Waals surface area (Å²) in [6.07, 6.45) is 0. The average Bonchev–Trinajstić information content (AvgIpc) is 2.80. The number of nitrogens with zero attached hydrogens (tertiary/aromatic N) is 2. The van der Waals surface area contributed by atoms with Crippen molar-refractivity contribution in [3.8, 4) is 5.75 Å². The minimum absolute atomic E-state index is 0.0886. The second kappa shape index (κ2) is 10.2. The molecule has 0 radical (unpaired) electrons. The second-order valence-electron chi connectivity index (χ2n) is 7.26. The van der Waals surface area contributed by atoms with E-state index in [-0.39, 0.29) is 47.4 Å². The van der Waals surface area contributed by atoms with Gasteiger partial charge in [0.05, 0.1) is 28.6 Å². The molecule has 0 unspecified atom stereocenters. The lowest BCUT2D eigenvalue weighted by molar-refractivity contribution is 0.0730. The summed E-state index contributed by atoms with van der Waals surface area (Å²) in [7, 11) is -7.49. The summed E-state index contributed by atoms with van der Waals surface area (Å²) in [6, 6.07) is 9.13. The lowest BCUT2D eigenvalue weighted by Crippen LogP contribution is -2.40. The minimum atomic E-state index is -3.85. The number of carbonyl (C=O) groups is 1. The molecule has 33 heavy (non-hydrogen) atoms. The summed E-state index contributed by atoms with van der Waals surface area (Å²) < 4.78 is 58.7. The summed E-state index contributed by atoms with van der Waals surface area (Å²) in [5.74, 6) is -1.11. The van der Waals surface area contributed by atoms with Crippen LogP contribution in [0.15, 0.2) is 52.3 Å². The Bertz CT molecular complexity index is 1200. The van der Waals surface area contributed by atoms with E-state index in [2.05, 4.69) is 5.32 Å². The molecule has 10 nitrogen and oxygen atoms in total. The quantitative estimate of drug-likeness (QED) is 0.567. The molecular formula is C21H27N3O7S2. The summed E-state index contributed by atoms with van der Waals surface area (Å²) in [4.78, 5) is 12.7. The first-order chi connectivity index (χ1) is 15.6. The molecule has 0 atom stereocenters. The van der Waals surface area contributed by atoms with E-state index < -0.39 is 26.0 Å². The van der Waals surface area contributed by atoms with Crippen LogP contribution in [0.4, 0.5) is 5.69 Å². The minimum Gasteiger partial charge on any atom is -0.507 e. The number of nitrogens with one attached hydrogen (secondary N) is 1. The highest BCUT2D eigenvalue weighted by molar-refractivity contribution is 7.89. The van der Waals surface area contributed by atoms with Crippen LogP contribution < -0.4 is 5.32 Å². The van der Waals surface area contributed by atoms with Crippen molar-refractivity contribution in [1.29, 1.82) is 0 Å². The summed E-state index contributed by atoms with van der Waals surface area (Å²) in [6.45, 7) is 5.13. The van der Waals surface area contributed by atoms with Gasteiger partial charge in [-0.1, -0.05) is 13.8 Å². The van der Waals surface area contributed by atoms with Gasteiger partial charge in [0.25, 0.3) is 5.91 Å². The molecule has 3 rings (SSSR count). The zero-order valence-corrected chi connectivity index (χ0v) is 20.0. The molecule has 1 saturated heterocycles. The van der Waals surface area contributed by atoms with Crippen LogP contribution in [0.3, 0.4) is 0 Å². The van der Waals surface area contributed by atoms with E-state index in [4.69, 9.17) is 4.74 Å². The van der Waals surface area contributed by atoms with E-state index in [0.29, 0.717) is 18.8 Å². The number of hydrogen-bond acceptors (Lipinski definition) is 7. The van der Waals surface area contributed by atoms with Crippen LogP contribution in [0.5, 0.6) is 5.75 Å². The van der Waals surface area contributed by atoms with Crippen LogP contribution in [0.1, 0.15) is 24.2 Å². The number of phenols is 1. The van der Waals surface area contributed by atoms with Crippen molar-refractivity contribution in [2.75, 3.05) is 44.7 Å². The van der Waals surface area contributed by atoms with E-state index in [1.807, 2.05) is 0 Å². The van der Waals surface area contributed by atoms with Gasteiger partial charge in [-0.25, -0.2) is 16.8 Å². The summed E-state index contributed by atoms with van der Waals surface area (Å²) in [5, 5.41) is 12.7. The van der Waals surface area contributed by atoms with E-state index in [1.54, 1.807) is 13.8 Å². The fraction of sp³-hybridized carbons (Fsp3) is 0.381. The average molecular weight is 498 g/mol. The SMILES string of the molecule is CCN(CC)S(=O)(=O)c1ccc(NC(=O)c2cc(S(=O)(=O)N3CCOCC3)ccc2O)cc1. The third-order valence-corrected chi connectivity index (χ3v) is 9.23. The highest BCUT2D eigenvalue weighted by Crippen LogP contribution is 2.26. The third kappa shape index (κ3) is 5.36. The molecule has 0 aliphatic carbocycles. The summed E-state index contributed by atoms with van der Waals surface area (Å²) in [5.41, 5.74) is 0.0727. The molecule has 0 spiro atoms. The van der Waals surface area contributed by atoms with Gasteiger partial charge in [0.15, 0.2) is 0 Å². The molecule has 1 fully saturated rings. The highest BCUT2D eigenvalue weighted by atomic mass is 32.2. The van der Waals surface area contributed by atoms with Crippen molar-refractivity contribution in [3.05, 3.63) is 48.0 Å². The first-order valence-electron chi connectivity index (χ1n) is 10.4. The maximum Gasteiger partial charge on any atom is 0.259 e. The molecule has 0 bridgehead atoms. The smallest absolute Gasteiger partial charge is 0.259 e. The van der Waals surface area contributed by atoms with E-state index >= 15 is 0 Å². The Hall–Kier alpha value is -2.51. The van der Waals surface area contributed by atoms with Gasteiger partial charge in [-0.15, -0.1) is 0 Å². The number of amides is 1. The number of sulfonamides is 2. The van der Waals surface area contributed by atoms with E-state index in [9.17, 15) is 26.7 Å². The molecule has 180 valence electrons. The fourth-order valence-electron chi connectivity index (χ4n) is 3.41. The van der Waals surface area contributed by atoms with Gasteiger partial charge >= 0.3 is 0 Å². The number of carbonyl (C=O) groups excluding carboxylic acids is 1. The number of morpholine rings is 1. The molecule has 2 aromatic carbocycles. The first kappa shape index (κ1) is 25.1. The predicted octanol–water partition coefficient (Wildman–Crippen LogP) is 1.70. The van der Waals surface area contributed by atoms with Crippen molar-refractivity contribution in [2.45, 2.75) is 23.6 Å². The van der Waals surface area contributed by atoms with E-state index in [0.717, 1.165) is 12.1 Å². The Morgan fingerprint density at radius 1 is 1.00 bits per heavy atom. The van der Waals surface area contributed by atoms with Crippen molar-refractivity contribution in [3.63, 3.8) is 0 Å². The number of ether oxygens (including phenoxy) is 1. The molecule has 1 aliphatic heterocycles. The number of hydrogen-bond donors (Lipinski definition) is 2. The number of phenolic OH excluding ortho intramolecular Hbond substituents is 1. The third-order valence-electron chi connectivity index (χ3n) is 5.28. The first-order valence-corrected chi connectivity index (χ1v) is 13.3. The molecule has 0 saturated carbocycles.